The van der Waals surface area contributed by atoms with E-state index in [4.69, 9.17) is 16.6 Å². The van der Waals surface area contributed by atoms with Gasteiger partial charge in [-0.2, -0.15) is 0 Å². The highest BCUT2D eigenvalue weighted by molar-refractivity contribution is 9.13. The zero-order valence-electron chi connectivity index (χ0n) is 12.3. The van der Waals surface area contributed by atoms with E-state index in [-0.39, 0.29) is 10.7 Å². The van der Waals surface area contributed by atoms with Crippen LogP contribution in [0.4, 0.5) is 5.69 Å². The van der Waals surface area contributed by atoms with Crippen LogP contribution < -0.4 is 10.2 Å². The maximum Gasteiger partial charge on any atom is 0.270 e. The lowest BCUT2D eigenvalue weighted by Crippen LogP contribution is -2.54. The Hall–Kier alpha value is -1.77. The van der Waals surface area contributed by atoms with E-state index in [0.29, 0.717) is 20.6 Å². The molecule has 0 saturated carbocycles. The monoisotopic (exact) mass is 468 g/mol. The van der Waals surface area contributed by atoms with Gasteiger partial charge in [0.1, 0.15) is 11.3 Å². The zero-order chi connectivity index (χ0) is 17.4. The van der Waals surface area contributed by atoms with Crippen LogP contribution >= 0.6 is 44.1 Å². The molecule has 0 radical (unpaired) electrons. The second kappa shape index (κ2) is 6.62. The highest BCUT2D eigenvalue weighted by atomic mass is 79.9. The van der Waals surface area contributed by atoms with Crippen molar-refractivity contribution in [3.05, 3.63) is 56.4 Å². The minimum Gasteiger partial charge on any atom is -0.449 e. The molecule has 1 aromatic carbocycles. The first-order valence-corrected chi connectivity index (χ1v) is 8.80. The number of para-hydroxylation sites is 1. The van der Waals surface area contributed by atoms with E-state index in [9.17, 15) is 9.59 Å². The summed E-state index contributed by atoms with van der Waals surface area (Å²) < 4.78 is 6.58. The molecule has 1 aliphatic heterocycles. The number of aryl methyl sites for hydroxylation is 1. The Morgan fingerprint density at radius 1 is 1.25 bits per heavy atom. The Balaban J connectivity index is 2.05. The summed E-state index contributed by atoms with van der Waals surface area (Å²) in [6.07, 6.45) is 1.39. The number of anilines is 1. The second-order valence-electron chi connectivity index (χ2n) is 5.01. The number of nitrogens with one attached hydrogen (secondary N) is 1. The average molecular weight is 470 g/mol. The molecular weight excluding hydrogens is 460 g/mol. The SMILES string of the molecule is Cc1ccccc1N1C(=O)/C(=C\c2cc(Br)c(Br)o2)C(=O)NC1=S. The van der Waals surface area contributed by atoms with Crippen LogP contribution in [-0.4, -0.2) is 16.9 Å². The van der Waals surface area contributed by atoms with Crippen molar-refractivity contribution < 1.29 is 14.0 Å². The maximum absolute atomic E-state index is 12.8. The molecule has 1 aliphatic rings. The largest absolute Gasteiger partial charge is 0.449 e. The number of carbonyl (C=O) groups excluding carboxylic acids is 2. The third kappa shape index (κ3) is 3.09. The van der Waals surface area contributed by atoms with Gasteiger partial charge >= 0.3 is 0 Å². The quantitative estimate of drug-likeness (QED) is 0.411. The number of hydrogen-bond acceptors (Lipinski definition) is 4. The predicted molar refractivity (Wildman–Crippen MR) is 101 cm³/mol. The third-order valence-electron chi connectivity index (χ3n) is 3.41. The van der Waals surface area contributed by atoms with E-state index in [1.54, 1.807) is 18.2 Å². The summed E-state index contributed by atoms with van der Waals surface area (Å²) in [6.45, 7) is 1.87. The van der Waals surface area contributed by atoms with Crippen molar-refractivity contribution in [3.8, 4) is 0 Å². The Morgan fingerprint density at radius 2 is 1.96 bits per heavy atom. The van der Waals surface area contributed by atoms with E-state index >= 15 is 0 Å². The second-order valence-corrected chi connectivity index (χ2v) is 6.98. The van der Waals surface area contributed by atoms with Gasteiger partial charge in [-0.25, -0.2) is 0 Å². The molecule has 0 atom stereocenters. The fourth-order valence-corrected chi connectivity index (χ4v) is 3.15. The van der Waals surface area contributed by atoms with Crippen LogP contribution in [0.1, 0.15) is 11.3 Å². The first-order chi connectivity index (χ1) is 11.4. The molecule has 1 saturated heterocycles. The number of hydrogen-bond donors (Lipinski definition) is 1. The van der Waals surface area contributed by atoms with Gasteiger partial charge in [0.15, 0.2) is 9.78 Å². The number of benzene rings is 1. The zero-order valence-corrected chi connectivity index (χ0v) is 16.3. The number of carbonyl (C=O) groups is 2. The van der Waals surface area contributed by atoms with Crippen molar-refractivity contribution in [2.75, 3.05) is 4.90 Å². The summed E-state index contributed by atoms with van der Waals surface area (Å²) in [6, 6.07) is 8.96. The number of rotatable bonds is 2. The van der Waals surface area contributed by atoms with E-state index in [0.717, 1.165) is 5.56 Å². The lowest BCUT2D eigenvalue weighted by molar-refractivity contribution is -0.122. The lowest BCUT2D eigenvalue weighted by atomic mass is 10.1. The molecule has 24 heavy (non-hydrogen) atoms. The fourth-order valence-electron chi connectivity index (χ4n) is 2.27. The van der Waals surface area contributed by atoms with Gasteiger partial charge in [0.2, 0.25) is 0 Å². The molecule has 8 heteroatoms. The van der Waals surface area contributed by atoms with E-state index in [1.807, 2.05) is 19.1 Å². The van der Waals surface area contributed by atoms with Gasteiger partial charge in [-0.1, -0.05) is 18.2 Å². The van der Waals surface area contributed by atoms with Gasteiger partial charge in [0.25, 0.3) is 11.8 Å². The minimum absolute atomic E-state index is 0.0539. The van der Waals surface area contributed by atoms with Crippen LogP contribution in [0, 0.1) is 6.92 Å². The van der Waals surface area contributed by atoms with Crippen LogP contribution in [0.25, 0.3) is 6.08 Å². The number of halogens is 2. The Kier molecular flexibility index (Phi) is 4.71. The molecule has 2 heterocycles. The molecule has 1 fully saturated rings. The molecule has 0 aliphatic carbocycles. The minimum atomic E-state index is -0.557. The third-order valence-corrected chi connectivity index (χ3v) is 5.40. The molecule has 2 aromatic rings. The first-order valence-electron chi connectivity index (χ1n) is 6.80. The highest BCUT2D eigenvalue weighted by Crippen LogP contribution is 2.29. The molecule has 3 rings (SSSR count). The fraction of sp³-hybridized carbons (Fsp3) is 0.0625. The van der Waals surface area contributed by atoms with Crippen LogP contribution in [0.2, 0.25) is 0 Å². The smallest absolute Gasteiger partial charge is 0.270 e. The summed E-state index contributed by atoms with van der Waals surface area (Å²) in [7, 11) is 0. The van der Waals surface area contributed by atoms with Crippen LogP contribution in [-0.2, 0) is 9.59 Å². The van der Waals surface area contributed by atoms with Crippen molar-refractivity contribution in [1.29, 1.82) is 0 Å². The van der Waals surface area contributed by atoms with Crippen LogP contribution in [0.3, 0.4) is 0 Å². The van der Waals surface area contributed by atoms with Crippen molar-refractivity contribution in [2.24, 2.45) is 0 Å². The Morgan fingerprint density at radius 3 is 2.58 bits per heavy atom. The summed E-state index contributed by atoms with van der Waals surface area (Å²) in [5.41, 5.74) is 1.44. The number of furan rings is 1. The van der Waals surface area contributed by atoms with Gasteiger partial charge < -0.3 is 4.42 Å². The molecule has 1 N–H and O–H groups in total. The summed E-state index contributed by atoms with van der Waals surface area (Å²) >= 11 is 11.7. The van der Waals surface area contributed by atoms with Gasteiger partial charge in [-0.15, -0.1) is 0 Å². The van der Waals surface area contributed by atoms with Gasteiger partial charge in [-0.3, -0.25) is 19.8 Å². The number of thiocarbonyl (C=S) groups is 1. The van der Waals surface area contributed by atoms with Crippen molar-refractivity contribution in [2.45, 2.75) is 6.92 Å². The number of amides is 2. The maximum atomic E-state index is 12.8. The van der Waals surface area contributed by atoms with E-state index in [1.165, 1.54) is 11.0 Å². The Bertz CT molecular complexity index is 885. The molecule has 122 valence electrons. The van der Waals surface area contributed by atoms with E-state index < -0.39 is 11.8 Å². The molecule has 2 amide bonds. The number of nitrogens with zero attached hydrogens (tertiary/aromatic N) is 1. The van der Waals surface area contributed by atoms with Gasteiger partial charge in [-0.05, 0) is 74.8 Å². The van der Waals surface area contributed by atoms with Crippen molar-refractivity contribution in [3.63, 3.8) is 0 Å². The summed E-state index contributed by atoms with van der Waals surface area (Å²) in [5, 5.41) is 2.60. The predicted octanol–water partition coefficient (Wildman–Crippen LogP) is 3.94. The lowest BCUT2D eigenvalue weighted by Gasteiger charge is -2.29. The summed E-state index contributed by atoms with van der Waals surface area (Å²) in [4.78, 5) is 26.3. The summed E-state index contributed by atoms with van der Waals surface area (Å²) in [5.74, 6) is -0.690. The van der Waals surface area contributed by atoms with Crippen LogP contribution in [0.5, 0.6) is 0 Å². The van der Waals surface area contributed by atoms with Crippen molar-refractivity contribution in [1.82, 2.24) is 5.32 Å². The molecule has 5 nitrogen and oxygen atoms in total. The molecule has 0 spiro atoms. The van der Waals surface area contributed by atoms with Crippen LogP contribution in [0.15, 0.2) is 49.5 Å². The van der Waals surface area contributed by atoms with Gasteiger partial charge in [0.05, 0.1) is 10.2 Å². The van der Waals surface area contributed by atoms with E-state index in [2.05, 4.69) is 37.2 Å². The molecule has 1 aromatic heterocycles. The Labute approximate surface area is 160 Å². The molecule has 0 unspecified atom stereocenters. The normalized spacial score (nSPS) is 16.7. The van der Waals surface area contributed by atoms with Crippen molar-refractivity contribution >= 4 is 72.8 Å². The van der Waals surface area contributed by atoms with Gasteiger partial charge in [0, 0.05) is 0 Å². The topological polar surface area (TPSA) is 62.6 Å². The first kappa shape index (κ1) is 17.1. The molecular formula is C16H10Br2N2O3S. The molecule has 0 bridgehead atoms. The standard InChI is InChI=1S/C16H10Br2N2O3S/c1-8-4-2-3-5-12(8)20-15(22)10(14(21)19-16(20)24)6-9-7-11(17)13(18)23-9/h2-7H,1H3,(H,19,21,24)/b10-6-. The highest BCUT2D eigenvalue weighted by Gasteiger charge is 2.35. The average Bonchev–Trinajstić information content (AvgIpc) is 2.83.